The summed E-state index contributed by atoms with van der Waals surface area (Å²) >= 11 is 12.2. The molecule has 0 unspecified atom stereocenters. The topological polar surface area (TPSA) is 29.5 Å². The average molecular weight is 297 g/mol. The number of aliphatic hydroxyl groups is 1. The maximum Gasteiger partial charge on any atom is 0.125 e. The smallest absolute Gasteiger partial charge is 0.125 e. The quantitative estimate of drug-likeness (QED) is 0.891. The third kappa shape index (κ3) is 3.41. The molecule has 0 spiro atoms. The molecule has 2 aromatic rings. The summed E-state index contributed by atoms with van der Waals surface area (Å²) in [5.41, 5.74) is 1.48. The Morgan fingerprint density at radius 2 is 1.68 bits per heavy atom. The third-order valence-electron chi connectivity index (χ3n) is 2.80. The number of ether oxygens (including phenoxy) is 1. The zero-order valence-electron chi connectivity index (χ0n) is 10.4. The molecule has 100 valence electrons. The normalized spacial score (nSPS) is 12.2. The van der Waals surface area contributed by atoms with Crippen LogP contribution in [0.2, 0.25) is 10.0 Å². The molecule has 0 bridgehead atoms. The Kier molecular flexibility index (Phi) is 4.70. The van der Waals surface area contributed by atoms with Crippen molar-refractivity contribution in [2.45, 2.75) is 19.6 Å². The zero-order chi connectivity index (χ0) is 13.8. The molecule has 0 aliphatic heterocycles. The van der Waals surface area contributed by atoms with E-state index < -0.39 is 6.10 Å². The van der Waals surface area contributed by atoms with Crippen molar-refractivity contribution in [3.05, 3.63) is 63.6 Å². The van der Waals surface area contributed by atoms with Gasteiger partial charge in [0.1, 0.15) is 12.4 Å². The van der Waals surface area contributed by atoms with Gasteiger partial charge in [0.05, 0.1) is 6.10 Å². The van der Waals surface area contributed by atoms with Crippen molar-refractivity contribution in [2.75, 3.05) is 0 Å². The number of halogens is 2. The first-order chi connectivity index (χ1) is 9.09. The van der Waals surface area contributed by atoms with Crippen molar-refractivity contribution in [1.82, 2.24) is 0 Å². The fourth-order valence-electron chi connectivity index (χ4n) is 1.78. The van der Waals surface area contributed by atoms with Gasteiger partial charge in [-0.05, 0) is 25.1 Å². The van der Waals surface area contributed by atoms with Crippen molar-refractivity contribution in [2.24, 2.45) is 0 Å². The van der Waals surface area contributed by atoms with Gasteiger partial charge >= 0.3 is 0 Å². The van der Waals surface area contributed by atoms with E-state index in [1.165, 1.54) is 0 Å². The van der Waals surface area contributed by atoms with E-state index >= 15 is 0 Å². The molecule has 2 aromatic carbocycles. The predicted octanol–water partition coefficient (Wildman–Crippen LogP) is 4.63. The summed E-state index contributed by atoms with van der Waals surface area (Å²) < 4.78 is 5.72. The fourth-order valence-corrected chi connectivity index (χ4v) is 2.28. The summed E-state index contributed by atoms with van der Waals surface area (Å²) in [5.74, 6) is 0.633. The Balaban J connectivity index is 2.19. The van der Waals surface area contributed by atoms with Crippen LogP contribution in [0.1, 0.15) is 24.2 Å². The Hall–Kier alpha value is -1.22. The molecule has 0 amide bonds. The Morgan fingerprint density at radius 1 is 1.05 bits per heavy atom. The summed E-state index contributed by atoms with van der Waals surface area (Å²) in [7, 11) is 0. The second kappa shape index (κ2) is 6.29. The van der Waals surface area contributed by atoms with Gasteiger partial charge in [0, 0.05) is 21.2 Å². The highest BCUT2D eigenvalue weighted by atomic mass is 35.5. The lowest BCUT2D eigenvalue weighted by atomic mass is 10.1. The molecule has 2 nitrogen and oxygen atoms in total. The first-order valence-corrected chi connectivity index (χ1v) is 6.68. The van der Waals surface area contributed by atoms with Crippen molar-refractivity contribution >= 4 is 23.2 Å². The Morgan fingerprint density at radius 3 is 2.32 bits per heavy atom. The van der Waals surface area contributed by atoms with Gasteiger partial charge in [-0.1, -0.05) is 47.5 Å². The van der Waals surface area contributed by atoms with E-state index in [0.717, 1.165) is 11.1 Å². The summed E-state index contributed by atoms with van der Waals surface area (Å²) in [4.78, 5) is 0. The average Bonchev–Trinajstić information content (AvgIpc) is 2.38. The van der Waals surface area contributed by atoms with E-state index in [1.807, 2.05) is 24.3 Å². The molecule has 4 heteroatoms. The maximum atomic E-state index is 9.68. The molecule has 0 aromatic heterocycles. The molecule has 19 heavy (non-hydrogen) atoms. The maximum absolute atomic E-state index is 9.68. The van der Waals surface area contributed by atoms with Crippen LogP contribution in [-0.2, 0) is 6.61 Å². The van der Waals surface area contributed by atoms with E-state index in [4.69, 9.17) is 27.9 Å². The largest absolute Gasteiger partial charge is 0.488 e. The lowest BCUT2D eigenvalue weighted by Crippen LogP contribution is -2.01. The van der Waals surface area contributed by atoms with Crippen LogP contribution in [0.15, 0.2) is 42.5 Å². The minimum Gasteiger partial charge on any atom is -0.488 e. The first-order valence-electron chi connectivity index (χ1n) is 5.92. The monoisotopic (exact) mass is 296 g/mol. The lowest BCUT2D eigenvalue weighted by molar-refractivity contribution is 0.190. The number of rotatable bonds is 4. The van der Waals surface area contributed by atoms with Crippen LogP contribution >= 0.6 is 23.2 Å². The molecule has 0 aliphatic carbocycles. The van der Waals surface area contributed by atoms with Crippen LogP contribution in [0.3, 0.4) is 0 Å². The molecule has 0 saturated carbocycles. The second-order valence-electron chi connectivity index (χ2n) is 4.20. The molecule has 0 fully saturated rings. The summed E-state index contributed by atoms with van der Waals surface area (Å²) in [6.45, 7) is 1.97. The van der Waals surface area contributed by atoms with Gasteiger partial charge in [-0.3, -0.25) is 0 Å². The van der Waals surface area contributed by atoms with E-state index in [1.54, 1.807) is 25.1 Å². The molecule has 0 aliphatic rings. The van der Waals surface area contributed by atoms with E-state index in [-0.39, 0.29) is 6.61 Å². The van der Waals surface area contributed by atoms with Crippen LogP contribution in [0, 0.1) is 0 Å². The Labute approximate surface area is 122 Å². The molecule has 2 rings (SSSR count). The number of hydrogen-bond acceptors (Lipinski definition) is 2. The van der Waals surface area contributed by atoms with Gasteiger partial charge in [-0.2, -0.15) is 0 Å². The van der Waals surface area contributed by atoms with E-state index in [2.05, 4.69) is 0 Å². The summed E-state index contributed by atoms with van der Waals surface area (Å²) in [5, 5.41) is 10.8. The summed E-state index contributed by atoms with van der Waals surface area (Å²) in [6.07, 6.45) is -0.585. The number of aliphatic hydroxyl groups excluding tert-OH is 1. The lowest BCUT2D eigenvalue weighted by Gasteiger charge is -2.14. The fraction of sp³-hybridized carbons (Fsp3) is 0.200. The van der Waals surface area contributed by atoms with Gasteiger partial charge in [0.25, 0.3) is 0 Å². The van der Waals surface area contributed by atoms with Gasteiger partial charge in [0.15, 0.2) is 0 Å². The highest BCUT2D eigenvalue weighted by Crippen LogP contribution is 2.29. The van der Waals surface area contributed by atoms with Gasteiger partial charge in [0.2, 0.25) is 0 Å². The van der Waals surface area contributed by atoms with Crippen LogP contribution in [-0.4, -0.2) is 5.11 Å². The highest BCUT2D eigenvalue weighted by molar-refractivity contribution is 6.35. The van der Waals surface area contributed by atoms with Crippen LogP contribution in [0.4, 0.5) is 0 Å². The molecule has 0 radical (unpaired) electrons. The van der Waals surface area contributed by atoms with Crippen molar-refractivity contribution < 1.29 is 9.84 Å². The second-order valence-corrected chi connectivity index (χ2v) is 5.02. The van der Waals surface area contributed by atoms with Crippen LogP contribution in [0.25, 0.3) is 0 Å². The van der Waals surface area contributed by atoms with Crippen molar-refractivity contribution in [3.63, 3.8) is 0 Å². The predicted molar refractivity (Wildman–Crippen MR) is 77.9 cm³/mol. The molecule has 1 atom stereocenters. The summed E-state index contributed by atoms with van der Waals surface area (Å²) in [6, 6.07) is 12.7. The highest BCUT2D eigenvalue weighted by Gasteiger charge is 2.10. The SMILES string of the molecule is C[C@H](O)c1ccccc1OCc1c(Cl)cccc1Cl. The van der Waals surface area contributed by atoms with Gasteiger partial charge in [-0.15, -0.1) is 0 Å². The van der Waals surface area contributed by atoms with Gasteiger partial charge < -0.3 is 9.84 Å². The standard InChI is InChI=1S/C15H14Cl2O2/c1-10(18)11-5-2-3-8-15(11)19-9-12-13(16)6-4-7-14(12)17/h2-8,10,18H,9H2,1H3/t10-/m0/s1. The molecular formula is C15H14Cl2O2. The third-order valence-corrected chi connectivity index (χ3v) is 3.51. The molecule has 0 heterocycles. The number of para-hydroxylation sites is 1. The minimum absolute atomic E-state index is 0.266. The number of benzene rings is 2. The van der Waals surface area contributed by atoms with Crippen LogP contribution in [0.5, 0.6) is 5.75 Å². The molecule has 0 saturated heterocycles. The molecule has 1 N–H and O–H groups in total. The molecular weight excluding hydrogens is 283 g/mol. The van der Waals surface area contributed by atoms with Gasteiger partial charge in [-0.25, -0.2) is 0 Å². The van der Waals surface area contributed by atoms with Crippen LogP contribution < -0.4 is 4.74 Å². The van der Waals surface area contributed by atoms with E-state index in [9.17, 15) is 5.11 Å². The first kappa shape index (κ1) is 14.2. The number of hydrogen-bond donors (Lipinski definition) is 1. The van der Waals surface area contributed by atoms with E-state index in [0.29, 0.717) is 15.8 Å². The minimum atomic E-state index is -0.585. The zero-order valence-corrected chi connectivity index (χ0v) is 11.9. The van der Waals surface area contributed by atoms with Crippen molar-refractivity contribution in [1.29, 1.82) is 0 Å². The Bertz CT molecular complexity index is 548. The van der Waals surface area contributed by atoms with Crippen molar-refractivity contribution in [3.8, 4) is 5.75 Å².